The third-order valence-corrected chi connectivity index (χ3v) is 5.97. The number of thioether (sulfide) groups is 1. The molecule has 2 heterocycles. The Morgan fingerprint density at radius 1 is 1.26 bits per heavy atom. The number of hydrogen-bond donors (Lipinski definition) is 1. The lowest BCUT2D eigenvalue weighted by atomic mass is 10.2. The van der Waals surface area contributed by atoms with Gasteiger partial charge in [0.2, 0.25) is 5.91 Å². The van der Waals surface area contributed by atoms with Crippen LogP contribution in [0.3, 0.4) is 0 Å². The van der Waals surface area contributed by atoms with E-state index < -0.39 is 0 Å². The van der Waals surface area contributed by atoms with Crippen molar-refractivity contribution in [3.8, 4) is 11.4 Å². The van der Waals surface area contributed by atoms with E-state index in [9.17, 15) is 9.59 Å². The van der Waals surface area contributed by atoms with Crippen LogP contribution in [0.2, 0.25) is 0 Å². The number of nitrogens with one attached hydrogen (secondary N) is 1. The van der Waals surface area contributed by atoms with Gasteiger partial charge >= 0.3 is 0 Å². The fraction of sp³-hybridized carbons (Fsp3) is 0.348. The van der Waals surface area contributed by atoms with Crippen LogP contribution in [0.5, 0.6) is 5.75 Å². The van der Waals surface area contributed by atoms with Gasteiger partial charge in [0.15, 0.2) is 5.16 Å². The molecule has 0 radical (unpaired) electrons. The summed E-state index contributed by atoms with van der Waals surface area (Å²) in [6.07, 6.45) is 2.08. The molecule has 0 spiro atoms. The fourth-order valence-electron chi connectivity index (χ4n) is 3.56. The maximum Gasteiger partial charge on any atom is 0.266 e. The maximum atomic E-state index is 13.4. The summed E-state index contributed by atoms with van der Waals surface area (Å²) in [5.41, 5.74) is 1.01. The highest BCUT2D eigenvalue weighted by Crippen LogP contribution is 2.27. The van der Waals surface area contributed by atoms with Crippen LogP contribution in [0.4, 0.5) is 0 Å². The van der Waals surface area contributed by atoms with Crippen molar-refractivity contribution in [3.05, 3.63) is 58.9 Å². The molecule has 8 heteroatoms. The van der Waals surface area contributed by atoms with Crippen molar-refractivity contribution in [1.29, 1.82) is 0 Å². The quantitative estimate of drug-likeness (QED) is 0.429. The van der Waals surface area contributed by atoms with Crippen molar-refractivity contribution in [2.75, 3.05) is 25.5 Å². The van der Waals surface area contributed by atoms with E-state index in [1.165, 1.54) is 16.3 Å². The molecule has 1 aliphatic heterocycles. The van der Waals surface area contributed by atoms with Crippen LogP contribution in [0.25, 0.3) is 16.6 Å². The van der Waals surface area contributed by atoms with Gasteiger partial charge in [0.1, 0.15) is 5.75 Å². The van der Waals surface area contributed by atoms with Crippen LogP contribution >= 0.6 is 11.8 Å². The third kappa shape index (κ3) is 4.91. The van der Waals surface area contributed by atoms with E-state index in [4.69, 9.17) is 9.47 Å². The fourth-order valence-corrected chi connectivity index (χ4v) is 4.39. The molecule has 1 aromatic heterocycles. The molecular weight excluding hydrogens is 414 g/mol. The molecule has 4 rings (SSSR count). The number of amides is 1. The number of para-hydroxylation sites is 3. The molecule has 1 amide bonds. The van der Waals surface area contributed by atoms with Gasteiger partial charge in [-0.05, 0) is 44.0 Å². The van der Waals surface area contributed by atoms with Crippen molar-refractivity contribution in [2.45, 2.75) is 31.0 Å². The number of fused-ring (bicyclic) bond motifs is 1. The Morgan fingerprint density at radius 2 is 2.06 bits per heavy atom. The average molecular weight is 440 g/mol. The van der Waals surface area contributed by atoms with Crippen molar-refractivity contribution >= 4 is 28.6 Å². The Morgan fingerprint density at radius 3 is 2.87 bits per heavy atom. The van der Waals surface area contributed by atoms with E-state index in [0.717, 1.165) is 19.4 Å². The summed E-state index contributed by atoms with van der Waals surface area (Å²) in [4.78, 5) is 30.5. The van der Waals surface area contributed by atoms with E-state index in [2.05, 4.69) is 10.3 Å². The highest BCUT2D eigenvalue weighted by atomic mass is 32.2. The second-order valence-corrected chi connectivity index (χ2v) is 8.12. The minimum absolute atomic E-state index is 0.0870. The maximum absolute atomic E-state index is 13.4. The molecule has 1 fully saturated rings. The van der Waals surface area contributed by atoms with Crippen molar-refractivity contribution < 1.29 is 14.3 Å². The van der Waals surface area contributed by atoms with Crippen LogP contribution in [-0.4, -0.2) is 47.1 Å². The lowest BCUT2D eigenvalue weighted by Gasteiger charge is -2.16. The molecule has 3 aromatic rings. The van der Waals surface area contributed by atoms with E-state index in [-0.39, 0.29) is 23.3 Å². The molecule has 0 bridgehead atoms. The van der Waals surface area contributed by atoms with Crippen LogP contribution in [0.15, 0.2) is 58.5 Å². The number of rotatable bonds is 8. The molecule has 1 aliphatic rings. The number of aromatic nitrogens is 2. The smallest absolute Gasteiger partial charge is 0.266 e. The zero-order valence-electron chi connectivity index (χ0n) is 17.4. The van der Waals surface area contributed by atoms with Gasteiger partial charge in [0.05, 0.1) is 35.1 Å². The Hall–Kier alpha value is -2.84. The second kappa shape index (κ2) is 9.98. The van der Waals surface area contributed by atoms with Crippen LogP contribution < -0.4 is 15.6 Å². The topological polar surface area (TPSA) is 82.4 Å². The number of benzene rings is 2. The van der Waals surface area contributed by atoms with E-state index in [1.54, 1.807) is 12.1 Å². The zero-order valence-corrected chi connectivity index (χ0v) is 18.2. The minimum Gasteiger partial charge on any atom is -0.492 e. The van der Waals surface area contributed by atoms with Crippen LogP contribution in [-0.2, 0) is 9.53 Å². The highest BCUT2D eigenvalue weighted by Gasteiger charge is 2.19. The summed E-state index contributed by atoms with van der Waals surface area (Å²) in [6, 6.07) is 14.6. The molecule has 1 atom stereocenters. The van der Waals surface area contributed by atoms with Crippen LogP contribution in [0.1, 0.15) is 19.8 Å². The van der Waals surface area contributed by atoms with Crippen molar-refractivity contribution in [1.82, 2.24) is 14.9 Å². The Balaban J connectivity index is 1.65. The summed E-state index contributed by atoms with van der Waals surface area (Å²) < 4.78 is 12.8. The molecule has 1 N–H and O–H groups in total. The largest absolute Gasteiger partial charge is 0.492 e. The molecule has 1 unspecified atom stereocenters. The van der Waals surface area contributed by atoms with Gasteiger partial charge in [0.25, 0.3) is 5.56 Å². The molecule has 1 saturated heterocycles. The number of ether oxygens (including phenoxy) is 2. The lowest BCUT2D eigenvalue weighted by molar-refractivity contribution is -0.119. The van der Waals surface area contributed by atoms with Gasteiger partial charge in [-0.25, -0.2) is 4.98 Å². The van der Waals surface area contributed by atoms with E-state index in [0.29, 0.717) is 40.6 Å². The monoisotopic (exact) mass is 439 g/mol. The van der Waals surface area contributed by atoms with Gasteiger partial charge in [0, 0.05) is 13.2 Å². The first-order valence-electron chi connectivity index (χ1n) is 10.4. The summed E-state index contributed by atoms with van der Waals surface area (Å²) in [7, 11) is 0. The van der Waals surface area contributed by atoms with Gasteiger partial charge in [-0.2, -0.15) is 0 Å². The van der Waals surface area contributed by atoms with Gasteiger partial charge in [-0.3, -0.25) is 14.2 Å². The third-order valence-electron chi connectivity index (χ3n) is 5.03. The molecule has 31 heavy (non-hydrogen) atoms. The van der Waals surface area contributed by atoms with Crippen LogP contribution in [0, 0.1) is 0 Å². The lowest BCUT2D eigenvalue weighted by Crippen LogP contribution is -2.33. The van der Waals surface area contributed by atoms with E-state index in [1.807, 2.05) is 43.3 Å². The Bertz CT molecular complexity index is 1130. The predicted octanol–water partition coefficient (Wildman–Crippen LogP) is 3.17. The van der Waals surface area contributed by atoms with Crippen molar-refractivity contribution in [2.24, 2.45) is 0 Å². The first kappa shape index (κ1) is 21.4. The second-order valence-electron chi connectivity index (χ2n) is 7.18. The first-order chi connectivity index (χ1) is 15.2. The molecule has 7 nitrogen and oxygen atoms in total. The minimum atomic E-state index is -0.194. The zero-order chi connectivity index (χ0) is 21.6. The van der Waals surface area contributed by atoms with Gasteiger partial charge in [-0.1, -0.05) is 36.0 Å². The number of carbonyl (C=O) groups is 1. The normalized spacial score (nSPS) is 15.8. The summed E-state index contributed by atoms with van der Waals surface area (Å²) in [5, 5.41) is 3.88. The number of hydrogen-bond acceptors (Lipinski definition) is 6. The highest BCUT2D eigenvalue weighted by molar-refractivity contribution is 7.99. The summed E-state index contributed by atoms with van der Waals surface area (Å²) >= 11 is 1.23. The standard InChI is InChI=1S/C23H25N3O4S/c1-2-29-20-12-6-5-11-19(20)26-22(28)17-9-3-4-10-18(17)25-23(26)31-15-21(27)24-14-16-8-7-13-30-16/h3-6,9-12,16H,2,7-8,13-15H2,1H3,(H,24,27). The van der Waals surface area contributed by atoms with Gasteiger partial charge in [-0.15, -0.1) is 0 Å². The van der Waals surface area contributed by atoms with Crippen molar-refractivity contribution in [3.63, 3.8) is 0 Å². The molecule has 162 valence electrons. The molecule has 0 saturated carbocycles. The van der Waals surface area contributed by atoms with E-state index >= 15 is 0 Å². The summed E-state index contributed by atoms with van der Waals surface area (Å²) in [6.45, 7) is 3.62. The average Bonchev–Trinajstić information content (AvgIpc) is 3.31. The molecule has 0 aliphatic carbocycles. The Labute approximate surface area is 184 Å². The number of nitrogens with zero attached hydrogens (tertiary/aromatic N) is 2. The van der Waals surface area contributed by atoms with Gasteiger partial charge < -0.3 is 14.8 Å². The SMILES string of the molecule is CCOc1ccccc1-n1c(SCC(=O)NCC2CCCO2)nc2ccccc2c1=O. The Kier molecular flexibility index (Phi) is 6.89. The predicted molar refractivity (Wildman–Crippen MR) is 121 cm³/mol. The molecular formula is C23H25N3O4S. The number of carbonyl (C=O) groups excluding carboxylic acids is 1. The summed E-state index contributed by atoms with van der Waals surface area (Å²) in [5.74, 6) is 0.621. The molecule has 2 aromatic carbocycles. The first-order valence-corrected chi connectivity index (χ1v) is 11.4.